The summed E-state index contributed by atoms with van der Waals surface area (Å²) in [4.78, 5) is 11.9. The van der Waals surface area contributed by atoms with Crippen LogP contribution >= 0.6 is 0 Å². The number of hydrogen-bond donors (Lipinski definition) is 0. The van der Waals surface area contributed by atoms with Crippen LogP contribution < -0.4 is 4.74 Å². The molecular weight excluding hydrogens is 257 g/mol. The summed E-state index contributed by atoms with van der Waals surface area (Å²) in [5.41, 5.74) is 1.80. The number of esters is 1. The van der Waals surface area contributed by atoms with Gasteiger partial charge >= 0.3 is 5.97 Å². The molecule has 2 aromatic carbocycles. The summed E-state index contributed by atoms with van der Waals surface area (Å²) in [6.45, 7) is 3.50. The van der Waals surface area contributed by atoms with Crippen LogP contribution in [0.15, 0.2) is 36.4 Å². The number of nitriles is 1. The Morgan fingerprint density at radius 2 is 1.85 bits per heavy atom. The molecule has 0 bridgehead atoms. The molecule has 0 heterocycles. The molecule has 0 spiro atoms. The standard InChI is InChI=1S/C16H12FNO2/c1-10-3-5-12(6-4-10)16(19)20-13-7-11(2)14(9-18)15(17)8-13/h3-8H,1-2H3. The number of ether oxygens (including phenoxy) is 1. The largest absolute Gasteiger partial charge is 0.423 e. The van der Waals surface area contributed by atoms with Crippen molar-refractivity contribution in [3.8, 4) is 11.8 Å². The lowest BCUT2D eigenvalue weighted by Gasteiger charge is -2.07. The molecule has 0 aliphatic heterocycles. The first-order chi connectivity index (χ1) is 9.51. The Balaban J connectivity index is 2.24. The van der Waals surface area contributed by atoms with E-state index in [1.165, 1.54) is 6.07 Å². The molecule has 0 aliphatic rings. The minimum atomic E-state index is -0.695. The molecule has 2 aromatic rings. The van der Waals surface area contributed by atoms with E-state index in [0.717, 1.165) is 11.6 Å². The van der Waals surface area contributed by atoms with E-state index in [1.54, 1.807) is 37.3 Å². The number of carbonyl (C=O) groups excluding carboxylic acids is 1. The van der Waals surface area contributed by atoms with Crippen molar-refractivity contribution in [3.05, 3.63) is 64.5 Å². The van der Waals surface area contributed by atoms with Crippen molar-refractivity contribution in [2.45, 2.75) is 13.8 Å². The predicted molar refractivity (Wildman–Crippen MR) is 72.0 cm³/mol. The van der Waals surface area contributed by atoms with Crippen molar-refractivity contribution in [2.24, 2.45) is 0 Å². The van der Waals surface area contributed by atoms with Crippen LogP contribution in [0.3, 0.4) is 0 Å². The molecular formula is C16H12FNO2. The first kappa shape index (κ1) is 13.8. The fourth-order valence-corrected chi connectivity index (χ4v) is 1.77. The summed E-state index contributed by atoms with van der Waals surface area (Å²) in [5.74, 6) is -1.17. The average molecular weight is 269 g/mol. The molecule has 0 amide bonds. The summed E-state index contributed by atoms with van der Waals surface area (Å²) >= 11 is 0. The van der Waals surface area contributed by atoms with E-state index >= 15 is 0 Å². The van der Waals surface area contributed by atoms with Gasteiger partial charge < -0.3 is 4.74 Å². The second-order valence-corrected chi connectivity index (χ2v) is 4.46. The van der Waals surface area contributed by atoms with E-state index in [0.29, 0.717) is 11.1 Å². The van der Waals surface area contributed by atoms with Crippen molar-refractivity contribution >= 4 is 5.97 Å². The Kier molecular flexibility index (Phi) is 3.81. The van der Waals surface area contributed by atoms with Crippen molar-refractivity contribution in [1.29, 1.82) is 5.26 Å². The Labute approximate surface area is 116 Å². The molecule has 0 saturated carbocycles. The number of halogens is 1. The van der Waals surface area contributed by atoms with Crippen LogP contribution in [-0.4, -0.2) is 5.97 Å². The molecule has 0 saturated heterocycles. The van der Waals surface area contributed by atoms with E-state index in [4.69, 9.17) is 10.00 Å². The first-order valence-electron chi connectivity index (χ1n) is 6.00. The van der Waals surface area contributed by atoms with E-state index in [-0.39, 0.29) is 11.3 Å². The highest BCUT2D eigenvalue weighted by atomic mass is 19.1. The number of carbonyl (C=O) groups is 1. The second-order valence-electron chi connectivity index (χ2n) is 4.46. The molecule has 0 fully saturated rings. The maximum absolute atomic E-state index is 13.6. The van der Waals surface area contributed by atoms with Gasteiger partial charge in [-0.1, -0.05) is 17.7 Å². The van der Waals surface area contributed by atoms with Crippen molar-refractivity contribution in [1.82, 2.24) is 0 Å². The average Bonchev–Trinajstić information content (AvgIpc) is 2.39. The van der Waals surface area contributed by atoms with Crippen molar-refractivity contribution in [3.63, 3.8) is 0 Å². The molecule has 0 aromatic heterocycles. The van der Waals surface area contributed by atoms with Crippen LogP contribution in [0.4, 0.5) is 4.39 Å². The number of nitrogens with zero attached hydrogens (tertiary/aromatic N) is 1. The van der Waals surface area contributed by atoms with Gasteiger partial charge in [-0.15, -0.1) is 0 Å². The van der Waals surface area contributed by atoms with Gasteiger partial charge in [0.15, 0.2) is 0 Å². The second kappa shape index (κ2) is 5.54. The quantitative estimate of drug-likeness (QED) is 0.619. The number of aryl methyl sites for hydroxylation is 2. The third-order valence-electron chi connectivity index (χ3n) is 2.87. The highest BCUT2D eigenvalue weighted by molar-refractivity contribution is 5.91. The number of benzene rings is 2. The zero-order valence-corrected chi connectivity index (χ0v) is 11.1. The summed E-state index contributed by atoms with van der Waals surface area (Å²) in [5, 5.41) is 8.78. The molecule has 20 heavy (non-hydrogen) atoms. The fourth-order valence-electron chi connectivity index (χ4n) is 1.77. The lowest BCUT2D eigenvalue weighted by atomic mass is 10.1. The maximum atomic E-state index is 13.6. The van der Waals surface area contributed by atoms with Crippen LogP contribution in [0.1, 0.15) is 27.0 Å². The molecule has 0 aliphatic carbocycles. The van der Waals surface area contributed by atoms with E-state index in [2.05, 4.69) is 0 Å². The van der Waals surface area contributed by atoms with Crippen LogP contribution in [0.5, 0.6) is 5.75 Å². The van der Waals surface area contributed by atoms with Gasteiger partial charge in [-0.3, -0.25) is 0 Å². The Bertz CT molecular complexity index is 676. The Morgan fingerprint density at radius 3 is 2.40 bits per heavy atom. The summed E-state index contributed by atoms with van der Waals surface area (Å²) in [6.07, 6.45) is 0. The lowest BCUT2D eigenvalue weighted by Crippen LogP contribution is -2.09. The SMILES string of the molecule is Cc1ccc(C(=O)Oc2cc(C)c(C#N)c(F)c2)cc1. The van der Waals surface area contributed by atoms with Gasteiger partial charge in [0.2, 0.25) is 0 Å². The molecule has 0 unspecified atom stereocenters. The van der Waals surface area contributed by atoms with Gasteiger partial charge in [0.05, 0.1) is 11.1 Å². The topological polar surface area (TPSA) is 50.1 Å². The number of hydrogen-bond acceptors (Lipinski definition) is 3. The summed E-state index contributed by atoms with van der Waals surface area (Å²) < 4.78 is 18.7. The summed E-state index contributed by atoms with van der Waals surface area (Å²) in [6, 6.07) is 11.1. The molecule has 0 atom stereocenters. The Hall–Kier alpha value is -2.67. The van der Waals surface area contributed by atoms with Crippen molar-refractivity contribution in [2.75, 3.05) is 0 Å². The monoisotopic (exact) mass is 269 g/mol. The number of rotatable bonds is 2. The normalized spacial score (nSPS) is 9.90. The Morgan fingerprint density at radius 1 is 1.20 bits per heavy atom. The third-order valence-corrected chi connectivity index (χ3v) is 2.87. The lowest BCUT2D eigenvalue weighted by molar-refractivity contribution is 0.0734. The highest BCUT2D eigenvalue weighted by Crippen LogP contribution is 2.21. The minimum absolute atomic E-state index is 0.0415. The zero-order valence-electron chi connectivity index (χ0n) is 11.1. The van der Waals surface area contributed by atoms with Gasteiger partial charge in [0, 0.05) is 6.07 Å². The fraction of sp³-hybridized carbons (Fsp3) is 0.125. The van der Waals surface area contributed by atoms with E-state index in [9.17, 15) is 9.18 Å². The zero-order chi connectivity index (χ0) is 14.7. The molecule has 3 nitrogen and oxygen atoms in total. The van der Waals surface area contributed by atoms with E-state index < -0.39 is 11.8 Å². The highest BCUT2D eigenvalue weighted by Gasteiger charge is 2.12. The van der Waals surface area contributed by atoms with Crippen molar-refractivity contribution < 1.29 is 13.9 Å². The van der Waals surface area contributed by atoms with Crippen LogP contribution in [0.2, 0.25) is 0 Å². The van der Waals surface area contributed by atoms with Gasteiger partial charge in [-0.25, -0.2) is 9.18 Å². The van der Waals surface area contributed by atoms with Gasteiger partial charge in [0.1, 0.15) is 17.6 Å². The maximum Gasteiger partial charge on any atom is 0.343 e. The van der Waals surface area contributed by atoms with Gasteiger partial charge in [-0.2, -0.15) is 5.26 Å². The molecule has 0 radical (unpaired) electrons. The van der Waals surface area contributed by atoms with Gasteiger partial charge in [0.25, 0.3) is 0 Å². The van der Waals surface area contributed by atoms with E-state index in [1.807, 2.05) is 6.92 Å². The third kappa shape index (κ3) is 2.83. The smallest absolute Gasteiger partial charge is 0.343 e. The minimum Gasteiger partial charge on any atom is -0.423 e. The molecule has 4 heteroatoms. The van der Waals surface area contributed by atoms with Crippen LogP contribution in [0.25, 0.3) is 0 Å². The van der Waals surface area contributed by atoms with Gasteiger partial charge in [-0.05, 0) is 37.6 Å². The predicted octanol–water partition coefficient (Wildman–Crippen LogP) is 3.53. The van der Waals surface area contributed by atoms with Crippen LogP contribution in [-0.2, 0) is 0 Å². The molecule has 100 valence electrons. The molecule has 0 N–H and O–H groups in total. The first-order valence-corrected chi connectivity index (χ1v) is 6.00. The summed E-state index contributed by atoms with van der Waals surface area (Å²) in [7, 11) is 0. The molecule has 2 rings (SSSR count). The van der Waals surface area contributed by atoms with Crippen LogP contribution in [0, 0.1) is 31.0 Å².